The highest BCUT2D eigenvalue weighted by atomic mass is 16.5. The lowest BCUT2D eigenvalue weighted by Gasteiger charge is -2.35. The molecule has 3 atom stereocenters. The fourth-order valence-corrected chi connectivity index (χ4v) is 3.23. The van der Waals surface area contributed by atoms with Crippen LogP contribution in [-0.4, -0.2) is 18.5 Å². The van der Waals surface area contributed by atoms with Crippen LogP contribution in [-0.2, 0) is 9.53 Å². The van der Waals surface area contributed by atoms with E-state index in [9.17, 15) is 4.79 Å². The second kappa shape index (κ2) is 6.34. The Morgan fingerprint density at radius 2 is 1.71 bits per heavy atom. The fraction of sp³-hybridized carbons (Fsp3) is 0.800. The Hall–Kier alpha value is -0.630. The molecule has 0 aromatic heterocycles. The van der Waals surface area contributed by atoms with Crippen molar-refractivity contribution in [2.75, 3.05) is 0 Å². The summed E-state index contributed by atoms with van der Waals surface area (Å²) in [5, 5.41) is 0. The van der Waals surface area contributed by atoms with Gasteiger partial charge < -0.3 is 9.53 Å². The van der Waals surface area contributed by atoms with Crippen molar-refractivity contribution in [3.05, 3.63) is 12.7 Å². The first-order chi connectivity index (χ1) is 8.33. The van der Waals surface area contributed by atoms with E-state index in [-0.39, 0.29) is 5.92 Å². The molecule has 0 aromatic carbocycles. The molecular formula is C15H24O2. The lowest BCUT2D eigenvalue weighted by molar-refractivity contribution is -0.115. The molecule has 0 spiro atoms. The second-order valence-corrected chi connectivity index (χ2v) is 5.53. The normalized spacial score (nSPS) is 35.4. The van der Waals surface area contributed by atoms with Gasteiger partial charge >= 0.3 is 0 Å². The van der Waals surface area contributed by atoms with Gasteiger partial charge in [0.05, 0.1) is 12.2 Å². The SMILES string of the molecule is C=CC1CC(OC2CCCCC2)CCC1C=O. The highest BCUT2D eigenvalue weighted by molar-refractivity contribution is 5.54. The fourth-order valence-electron chi connectivity index (χ4n) is 3.23. The van der Waals surface area contributed by atoms with Gasteiger partial charge in [0, 0.05) is 5.92 Å². The quantitative estimate of drug-likeness (QED) is 0.551. The molecule has 2 nitrogen and oxygen atoms in total. The van der Waals surface area contributed by atoms with Crippen molar-refractivity contribution >= 4 is 6.29 Å². The summed E-state index contributed by atoms with van der Waals surface area (Å²) in [4.78, 5) is 10.9. The Morgan fingerprint density at radius 3 is 2.35 bits per heavy atom. The van der Waals surface area contributed by atoms with Crippen LogP contribution in [0.3, 0.4) is 0 Å². The highest BCUT2D eigenvalue weighted by Crippen LogP contribution is 2.33. The molecule has 0 amide bonds. The first kappa shape index (κ1) is 12.8. The van der Waals surface area contributed by atoms with Crippen LogP contribution in [0, 0.1) is 11.8 Å². The van der Waals surface area contributed by atoms with Gasteiger partial charge in [0.25, 0.3) is 0 Å². The van der Waals surface area contributed by atoms with Gasteiger partial charge in [0.1, 0.15) is 6.29 Å². The molecule has 2 aliphatic carbocycles. The highest BCUT2D eigenvalue weighted by Gasteiger charge is 2.30. The van der Waals surface area contributed by atoms with Crippen molar-refractivity contribution in [3.63, 3.8) is 0 Å². The standard InChI is InChI=1S/C15H24O2/c1-2-12-10-15(9-8-13(12)11-16)17-14-6-4-3-5-7-14/h2,11-15H,1,3-10H2. The number of ether oxygens (including phenoxy) is 1. The number of carbonyl (C=O) groups is 1. The van der Waals surface area contributed by atoms with E-state index >= 15 is 0 Å². The second-order valence-electron chi connectivity index (χ2n) is 5.53. The van der Waals surface area contributed by atoms with Crippen LogP contribution in [0.2, 0.25) is 0 Å². The van der Waals surface area contributed by atoms with E-state index in [1.54, 1.807) is 0 Å². The third-order valence-electron chi connectivity index (χ3n) is 4.32. The summed E-state index contributed by atoms with van der Waals surface area (Å²) in [7, 11) is 0. The van der Waals surface area contributed by atoms with Crippen LogP contribution in [0.5, 0.6) is 0 Å². The van der Waals surface area contributed by atoms with Crippen LogP contribution in [0.4, 0.5) is 0 Å². The van der Waals surface area contributed by atoms with Crippen LogP contribution in [0.15, 0.2) is 12.7 Å². The lowest BCUT2D eigenvalue weighted by atomic mass is 9.78. The van der Waals surface area contributed by atoms with Gasteiger partial charge in [-0.3, -0.25) is 0 Å². The molecule has 96 valence electrons. The number of allylic oxidation sites excluding steroid dienone is 1. The summed E-state index contributed by atoms with van der Waals surface area (Å²) >= 11 is 0. The lowest BCUT2D eigenvalue weighted by Crippen LogP contribution is -2.32. The first-order valence-corrected chi connectivity index (χ1v) is 7.06. The zero-order chi connectivity index (χ0) is 12.1. The molecule has 3 unspecified atom stereocenters. The van der Waals surface area contributed by atoms with Crippen molar-refractivity contribution in [2.24, 2.45) is 11.8 Å². The summed E-state index contributed by atoms with van der Waals surface area (Å²) in [6.45, 7) is 3.85. The van der Waals surface area contributed by atoms with Crippen molar-refractivity contribution in [3.8, 4) is 0 Å². The Balaban J connectivity index is 1.82. The van der Waals surface area contributed by atoms with Crippen LogP contribution >= 0.6 is 0 Å². The number of hydrogen-bond acceptors (Lipinski definition) is 2. The molecule has 17 heavy (non-hydrogen) atoms. The zero-order valence-corrected chi connectivity index (χ0v) is 10.6. The summed E-state index contributed by atoms with van der Waals surface area (Å²) in [6, 6.07) is 0. The Labute approximate surface area is 104 Å². The van der Waals surface area contributed by atoms with Gasteiger partial charge in [0.15, 0.2) is 0 Å². The average molecular weight is 236 g/mol. The van der Waals surface area contributed by atoms with Crippen LogP contribution < -0.4 is 0 Å². The third kappa shape index (κ3) is 3.41. The van der Waals surface area contributed by atoms with Gasteiger partial charge in [-0.05, 0) is 38.0 Å². The van der Waals surface area contributed by atoms with E-state index < -0.39 is 0 Å². The van der Waals surface area contributed by atoms with Gasteiger partial charge in [0.2, 0.25) is 0 Å². The molecule has 2 heteroatoms. The van der Waals surface area contributed by atoms with Gasteiger partial charge in [-0.1, -0.05) is 25.3 Å². The monoisotopic (exact) mass is 236 g/mol. The van der Waals surface area contributed by atoms with E-state index in [2.05, 4.69) is 6.58 Å². The Bertz CT molecular complexity index is 256. The van der Waals surface area contributed by atoms with E-state index in [1.165, 1.54) is 32.1 Å². The van der Waals surface area contributed by atoms with Crippen molar-refractivity contribution in [1.82, 2.24) is 0 Å². The Morgan fingerprint density at radius 1 is 0.941 bits per heavy atom. The third-order valence-corrected chi connectivity index (χ3v) is 4.32. The number of carbonyl (C=O) groups excluding carboxylic acids is 1. The minimum atomic E-state index is 0.179. The number of rotatable bonds is 4. The summed E-state index contributed by atoms with van der Waals surface area (Å²) < 4.78 is 6.19. The minimum absolute atomic E-state index is 0.179. The molecule has 2 aliphatic rings. The average Bonchev–Trinajstić information content (AvgIpc) is 2.40. The first-order valence-electron chi connectivity index (χ1n) is 7.06. The molecule has 2 rings (SSSR count). The van der Waals surface area contributed by atoms with Gasteiger partial charge in [-0.25, -0.2) is 0 Å². The molecule has 2 saturated carbocycles. The van der Waals surface area contributed by atoms with Crippen molar-refractivity contribution in [1.29, 1.82) is 0 Å². The molecule has 0 N–H and O–H groups in total. The van der Waals surface area contributed by atoms with Crippen LogP contribution in [0.1, 0.15) is 51.4 Å². The predicted octanol–water partition coefficient (Wildman–Crippen LogP) is 3.51. The smallest absolute Gasteiger partial charge is 0.123 e. The molecule has 0 aliphatic heterocycles. The van der Waals surface area contributed by atoms with Crippen molar-refractivity contribution in [2.45, 2.75) is 63.6 Å². The maximum Gasteiger partial charge on any atom is 0.123 e. The molecule has 0 bridgehead atoms. The largest absolute Gasteiger partial charge is 0.375 e. The van der Waals surface area contributed by atoms with E-state index in [1.807, 2.05) is 6.08 Å². The maximum absolute atomic E-state index is 10.9. The molecular weight excluding hydrogens is 212 g/mol. The Kier molecular flexibility index (Phi) is 4.78. The molecule has 0 aromatic rings. The zero-order valence-electron chi connectivity index (χ0n) is 10.6. The maximum atomic E-state index is 10.9. The minimum Gasteiger partial charge on any atom is -0.375 e. The van der Waals surface area contributed by atoms with E-state index in [0.29, 0.717) is 18.1 Å². The predicted molar refractivity (Wildman–Crippen MR) is 68.8 cm³/mol. The summed E-state index contributed by atoms with van der Waals surface area (Å²) in [6.07, 6.45) is 13.3. The molecule has 2 fully saturated rings. The van der Waals surface area contributed by atoms with E-state index in [4.69, 9.17) is 4.74 Å². The summed E-state index contributed by atoms with van der Waals surface area (Å²) in [5.41, 5.74) is 0. The van der Waals surface area contributed by atoms with Crippen molar-refractivity contribution < 1.29 is 9.53 Å². The van der Waals surface area contributed by atoms with E-state index in [0.717, 1.165) is 25.5 Å². The molecule has 0 radical (unpaired) electrons. The molecule has 0 heterocycles. The number of hydrogen-bond donors (Lipinski definition) is 0. The van der Waals surface area contributed by atoms with Crippen LogP contribution in [0.25, 0.3) is 0 Å². The van der Waals surface area contributed by atoms with Gasteiger partial charge in [-0.2, -0.15) is 0 Å². The molecule has 0 saturated heterocycles. The van der Waals surface area contributed by atoms with Gasteiger partial charge in [-0.15, -0.1) is 6.58 Å². The number of aldehydes is 1. The topological polar surface area (TPSA) is 26.3 Å². The summed E-state index contributed by atoms with van der Waals surface area (Å²) in [5.74, 6) is 0.508.